The van der Waals surface area contributed by atoms with Crippen molar-refractivity contribution >= 4 is 43.4 Å². The van der Waals surface area contributed by atoms with Crippen molar-refractivity contribution in [2.24, 2.45) is 7.05 Å². The number of thiazole rings is 1. The molecule has 1 amide bonds. The van der Waals surface area contributed by atoms with E-state index in [0.717, 1.165) is 5.52 Å². The van der Waals surface area contributed by atoms with Crippen molar-refractivity contribution in [1.82, 2.24) is 18.8 Å². The quantitative estimate of drug-likeness (QED) is 0.689. The number of carbonyl (C=O) groups excluding carboxylic acids is 1. The fraction of sp³-hybridized carbons (Fsp3) is 0.312. The van der Waals surface area contributed by atoms with Gasteiger partial charge < -0.3 is 9.88 Å². The first-order valence-corrected chi connectivity index (χ1v) is 10.2. The molecule has 0 fully saturated rings. The third-order valence-electron chi connectivity index (χ3n) is 3.98. The first-order chi connectivity index (χ1) is 12.3. The minimum Gasteiger partial charge on any atom is -0.331 e. The predicted molar refractivity (Wildman–Crippen MR) is 101 cm³/mol. The highest BCUT2D eigenvalue weighted by atomic mass is 32.2. The van der Waals surface area contributed by atoms with Crippen LogP contribution < -0.4 is 5.32 Å². The summed E-state index contributed by atoms with van der Waals surface area (Å²) in [4.78, 5) is 20.7. The highest BCUT2D eigenvalue weighted by Gasteiger charge is 2.19. The molecule has 0 spiro atoms. The number of benzene rings is 1. The minimum absolute atomic E-state index is 0.136. The average Bonchev–Trinajstić information content (AvgIpc) is 3.20. The molecule has 0 aliphatic carbocycles. The van der Waals surface area contributed by atoms with Crippen molar-refractivity contribution in [2.75, 3.05) is 19.4 Å². The number of nitrogens with one attached hydrogen (secondary N) is 1. The van der Waals surface area contributed by atoms with Gasteiger partial charge in [0.25, 0.3) is 0 Å². The largest absolute Gasteiger partial charge is 0.331 e. The number of fused-ring (bicyclic) bond motifs is 1. The zero-order valence-electron chi connectivity index (χ0n) is 14.6. The van der Waals surface area contributed by atoms with E-state index in [0.29, 0.717) is 22.9 Å². The molecular formula is C16H19N5O3S2. The summed E-state index contributed by atoms with van der Waals surface area (Å²) in [6, 6.07) is 4.86. The van der Waals surface area contributed by atoms with E-state index in [9.17, 15) is 13.2 Å². The van der Waals surface area contributed by atoms with E-state index in [4.69, 9.17) is 0 Å². The molecule has 0 aliphatic heterocycles. The number of nitrogens with zero attached hydrogens (tertiary/aromatic N) is 4. The van der Waals surface area contributed by atoms with Gasteiger partial charge in [0.15, 0.2) is 5.13 Å². The lowest BCUT2D eigenvalue weighted by Crippen LogP contribution is -2.22. The Balaban J connectivity index is 1.79. The molecule has 10 heteroatoms. The number of imidazole rings is 1. The van der Waals surface area contributed by atoms with Crippen molar-refractivity contribution in [2.45, 2.75) is 17.7 Å². The summed E-state index contributed by atoms with van der Waals surface area (Å²) in [6.45, 7) is 0. The van der Waals surface area contributed by atoms with E-state index in [1.54, 1.807) is 29.8 Å². The van der Waals surface area contributed by atoms with Gasteiger partial charge in [0.2, 0.25) is 15.9 Å². The smallest absolute Gasteiger partial charge is 0.242 e. The number of rotatable bonds is 6. The highest BCUT2D eigenvalue weighted by molar-refractivity contribution is 7.89. The number of anilines is 1. The van der Waals surface area contributed by atoms with Gasteiger partial charge in [-0.3, -0.25) is 4.79 Å². The summed E-state index contributed by atoms with van der Waals surface area (Å²) in [5.41, 5.74) is 1.41. The molecule has 3 aromatic rings. The molecule has 2 aromatic heterocycles. The molecule has 3 rings (SSSR count). The molecule has 0 aliphatic rings. The first-order valence-electron chi connectivity index (χ1n) is 7.86. The van der Waals surface area contributed by atoms with Gasteiger partial charge in [-0.1, -0.05) is 0 Å². The summed E-state index contributed by atoms with van der Waals surface area (Å²) >= 11 is 1.36. The normalized spacial score (nSPS) is 12.0. The second kappa shape index (κ2) is 7.14. The Morgan fingerprint density at radius 3 is 2.77 bits per heavy atom. The Kier molecular flexibility index (Phi) is 5.08. The number of aromatic nitrogens is 3. The second-order valence-electron chi connectivity index (χ2n) is 5.91. The van der Waals surface area contributed by atoms with Crippen LogP contribution in [0.1, 0.15) is 12.2 Å². The second-order valence-corrected chi connectivity index (χ2v) is 8.96. The van der Waals surface area contributed by atoms with E-state index in [1.165, 1.54) is 29.7 Å². The Morgan fingerprint density at radius 2 is 2.12 bits per heavy atom. The van der Waals surface area contributed by atoms with Crippen LogP contribution in [-0.4, -0.2) is 47.3 Å². The standard InChI is InChI=1S/C16H19N5O3S2/c1-20(2)26(23,24)11-4-5-13-12(10-11)18-14(21(13)3)6-7-15(22)19-16-17-8-9-25-16/h4-5,8-10H,6-7H2,1-3H3,(H,17,19,22). The van der Waals surface area contributed by atoms with Crippen LogP contribution in [0.4, 0.5) is 5.13 Å². The SMILES string of the molecule is CN(C)S(=O)(=O)c1ccc2c(c1)nc(CCC(=O)Nc1nccs1)n2C. The summed E-state index contributed by atoms with van der Waals surface area (Å²) < 4.78 is 27.6. The van der Waals surface area contributed by atoms with Gasteiger partial charge in [-0.2, -0.15) is 0 Å². The number of carbonyl (C=O) groups is 1. The molecule has 8 nitrogen and oxygen atoms in total. The van der Waals surface area contributed by atoms with Gasteiger partial charge in [-0.15, -0.1) is 11.3 Å². The Morgan fingerprint density at radius 1 is 1.35 bits per heavy atom. The molecule has 0 unspecified atom stereocenters. The maximum Gasteiger partial charge on any atom is 0.242 e. The fourth-order valence-corrected chi connectivity index (χ4v) is 3.98. The van der Waals surface area contributed by atoms with Gasteiger partial charge in [0, 0.05) is 45.6 Å². The highest BCUT2D eigenvalue weighted by Crippen LogP contribution is 2.22. The molecule has 0 atom stereocenters. The van der Waals surface area contributed by atoms with Crippen LogP contribution in [0.15, 0.2) is 34.7 Å². The summed E-state index contributed by atoms with van der Waals surface area (Å²) in [5, 5.41) is 5.09. The topological polar surface area (TPSA) is 97.2 Å². The van der Waals surface area contributed by atoms with Gasteiger partial charge >= 0.3 is 0 Å². The third-order valence-corrected chi connectivity index (χ3v) is 6.48. The molecule has 2 heterocycles. The van der Waals surface area contributed by atoms with Gasteiger partial charge in [-0.25, -0.2) is 22.7 Å². The fourth-order valence-electron chi connectivity index (χ4n) is 2.52. The lowest BCUT2D eigenvalue weighted by Gasteiger charge is -2.10. The van der Waals surface area contributed by atoms with Crippen molar-refractivity contribution in [3.8, 4) is 0 Å². The number of hydrogen-bond acceptors (Lipinski definition) is 6. The van der Waals surface area contributed by atoms with E-state index in [2.05, 4.69) is 15.3 Å². The average molecular weight is 393 g/mol. The Labute approximate surface area is 155 Å². The zero-order valence-corrected chi connectivity index (χ0v) is 16.3. The van der Waals surface area contributed by atoms with Crippen molar-refractivity contribution in [3.63, 3.8) is 0 Å². The van der Waals surface area contributed by atoms with Crippen LogP contribution in [0.2, 0.25) is 0 Å². The van der Waals surface area contributed by atoms with Gasteiger partial charge in [-0.05, 0) is 18.2 Å². The van der Waals surface area contributed by atoms with E-state index < -0.39 is 10.0 Å². The molecule has 0 saturated carbocycles. The maximum atomic E-state index is 12.3. The number of sulfonamides is 1. The lowest BCUT2D eigenvalue weighted by molar-refractivity contribution is -0.116. The Bertz CT molecular complexity index is 1040. The van der Waals surface area contributed by atoms with Gasteiger partial charge in [0.05, 0.1) is 15.9 Å². The molecule has 1 N–H and O–H groups in total. The minimum atomic E-state index is -3.51. The maximum absolute atomic E-state index is 12.3. The predicted octanol–water partition coefficient (Wildman–Crippen LogP) is 1.85. The van der Waals surface area contributed by atoms with Crippen LogP contribution in [0, 0.1) is 0 Å². The van der Waals surface area contributed by atoms with E-state index in [-0.39, 0.29) is 17.2 Å². The molecule has 138 valence electrons. The summed E-state index contributed by atoms with van der Waals surface area (Å²) in [5.74, 6) is 0.580. The van der Waals surface area contributed by atoms with E-state index >= 15 is 0 Å². The molecule has 1 aromatic carbocycles. The molecule has 26 heavy (non-hydrogen) atoms. The van der Waals surface area contributed by atoms with Crippen molar-refractivity contribution < 1.29 is 13.2 Å². The van der Waals surface area contributed by atoms with Crippen LogP contribution in [0.3, 0.4) is 0 Å². The number of hydrogen-bond donors (Lipinski definition) is 1. The molecule has 0 saturated heterocycles. The van der Waals surface area contributed by atoms with Crippen LogP contribution in [0.25, 0.3) is 11.0 Å². The molecule has 0 radical (unpaired) electrons. The Hall–Kier alpha value is -2.30. The van der Waals surface area contributed by atoms with Crippen LogP contribution in [0.5, 0.6) is 0 Å². The molecule has 0 bridgehead atoms. The van der Waals surface area contributed by atoms with Crippen LogP contribution in [-0.2, 0) is 28.3 Å². The third kappa shape index (κ3) is 3.62. The number of amides is 1. The summed E-state index contributed by atoms with van der Waals surface area (Å²) in [7, 11) is 1.32. The van der Waals surface area contributed by atoms with Gasteiger partial charge in [0.1, 0.15) is 5.82 Å². The zero-order chi connectivity index (χ0) is 18.9. The lowest BCUT2D eigenvalue weighted by atomic mass is 10.3. The first kappa shape index (κ1) is 18.5. The monoisotopic (exact) mass is 393 g/mol. The van der Waals surface area contributed by atoms with Crippen molar-refractivity contribution in [3.05, 3.63) is 35.6 Å². The van der Waals surface area contributed by atoms with Crippen LogP contribution >= 0.6 is 11.3 Å². The molecular weight excluding hydrogens is 374 g/mol. The summed E-state index contributed by atoms with van der Waals surface area (Å²) in [6.07, 6.45) is 2.34. The number of aryl methyl sites for hydroxylation is 2. The van der Waals surface area contributed by atoms with E-state index in [1.807, 2.05) is 11.6 Å². The van der Waals surface area contributed by atoms with Crippen molar-refractivity contribution in [1.29, 1.82) is 0 Å².